The first-order chi connectivity index (χ1) is 15.0. The van der Waals surface area contributed by atoms with Crippen LogP contribution in [0.15, 0.2) is 81.1 Å². The smallest absolute Gasteiger partial charge is 0.264 e. The number of nitrogens with one attached hydrogen (secondary N) is 1. The molecule has 0 spiro atoms. The number of aryl methyl sites for hydroxylation is 2. The topological polar surface area (TPSA) is 50.7 Å². The maximum atomic E-state index is 12.5. The number of rotatable bonds is 5. The minimum atomic E-state index is -0.166. The van der Waals surface area contributed by atoms with E-state index in [9.17, 15) is 4.79 Å². The van der Waals surface area contributed by atoms with Crippen molar-refractivity contribution in [3.05, 3.63) is 98.4 Å². The Morgan fingerprint density at radius 3 is 2.39 bits per heavy atom. The van der Waals surface area contributed by atoms with Gasteiger partial charge in [0.05, 0.1) is 10.6 Å². The van der Waals surface area contributed by atoms with Crippen molar-refractivity contribution in [2.75, 3.05) is 0 Å². The molecule has 1 amide bonds. The standard InChI is InChI=1S/C25H21BrN2O2S/c1-16-3-7-18(8-4-16)15-30-22-12-9-20(26)13-19(22)14-23-24(29)28-25(31-23)27-21-10-5-17(2)6-11-21/h3-14H,15H2,1-2H3,(H,27,28,29)/b23-14+. The summed E-state index contributed by atoms with van der Waals surface area (Å²) < 4.78 is 6.98. The van der Waals surface area contributed by atoms with Crippen LogP contribution in [0.5, 0.6) is 5.75 Å². The number of benzene rings is 3. The van der Waals surface area contributed by atoms with Gasteiger partial charge in [0.15, 0.2) is 5.17 Å². The highest BCUT2D eigenvalue weighted by Gasteiger charge is 2.24. The second-order valence-electron chi connectivity index (χ2n) is 7.27. The summed E-state index contributed by atoms with van der Waals surface area (Å²) in [6.07, 6.45) is 1.84. The number of ether oxygens (including phenoxy) is 1. The van der Waals surface area contributed by atoms with E-state index >= 15 is 0 Å². The molecule has 4 nitrogen and oxygen atoms in total. The van der Waals surface area contributed by atoms with Gasteiger partial charge >= 0.3 is 0 Å². The maximum absolute atomic E-state index is 12.5. The Kier molecular flexibility index (Phi) is 6.59. The third-order valence-corrected chi connectivity index (χ3v) is 6.09. The van der Waals surface area contributed by atoms with E-state index in [1.807, 2.05) is 55.5 Å². The van der Waals surface area contributed by atoms with Gasteiger partial charge in [-0.1, -0.05) is 63.5 Å². The van der Waals surface area contributed by atoms with Crippen molar-refractivity contribution >= 4 is 50.5 Å². The van der Waals surface area contributed by atoms with Gasteiger partial charge in [-0.25, -0.2) is 4.99 Å². The number of amidine groups is 1. The van der Waals surface area contributed by atoms with Crippen LogP contribution in [-0.4, -0.2) is 11.1 Å². The minimum absolute atomic E-state index is 0.166. The molecule has 1 saturated heterocycles. The van der Waals surface area contributed by atoms with Crippen molar-refractivity contribution in [1.29, 1.82) is 0 Å². The summed E-state index contributed by atoms with van der Waals surface area (Å²) in [6, 6.07) is 21.9. The molecule has 0 unspecified atom stereocenters. The fourth-order valence-corrected chi connectivity index (χ4v) is 4.18. The highest BCUT2D eigenvalue weighted by Crippen LogP contribution is 2.32. The fourth-order valence-electron chi connectivity index (χ4n) is 2.97. The van der Waals surface area contributed by atoms with Gasteiger partial charge in [-0.3, -0.25) is 4.79 Å². The molecule has 3 aromatic carbocycles. The van der Waals surface area contributed by atoms with E-state index in [1.54, 1.807) is 0 Å². The largest absolute Gasteiger partial charge is 0.488 e. The molecule has 1 aliphatic rings. The number of thioether (sulfide) groups is 1. The summed E-state index contributed by atoms with van der Waals surface area (Å²) in [4.78, 5) is 17.6. The minimum Gasteiger partial charge on any atom is -0.488 e. The van der Waals surface area contributed by atoms with Crippen LogP contribution in [-0.2, 0) is 11.4 Å². The van der Waals surface area contributed by atoms with Crippen molar-refractivity contribution in [3.63, 3.8) is 0 Å². The Morgan fingerprint density at radius 1 is 1.00 bits per heavy atom. The normalized spacial score (nSPS) is 16.0. The van der Waals surface area contributed by atoms with E-state index in [0.717, 1.165) is 21.3 Å². The highest BCUT2D eigenvalue weighted by molar-refractivity contribution is 9.10. The molecule has 156 valence electrons. The van der Waals surface area contributed by atoms with E-state index in [-0.39, 0.29) is 5.91 Å². The Balaban J connectivity index is 1.54. The predicted molar refractivity (Wildman–Crippen MR) is 132 cm³/mol. The molecule has 6 heteroatoms. The van der Waals surface area contributed by atoms with Gasteiger partial charge in [-0.2, -0.15) is 0 Å². The number of nitrogens with zero attached hydrogens (tertiary/aromatic N) is 1. The van der Waals surface area contributed by atoms with Gasteiger partial charge in [0.1, 0.15) is 12.4 Å². The van der Waals surface area contributed by atoms with E-state index in [0.29, 0.717) is 22.4 Å². The molecule has 1 N–H and O–H groups in total. The van der Waals surface area contributed by atoms with Crippen LogP contribution in [0.3, 0.4) is 0 Å². The zero-order chi connectivity index (χ0) is 21.8. The van der Waals surface area contributed by atoms with Crippen LogP contribution >= 0.6 is 27.7 Å². The molecule has 0 radical (unpaired) electrons. The average molecular weight is 493 g/mol. The van der Waals surface area contributed by atoms with Crippen molar-refractivity contribution in [1.82, 2.24) is 5.32 Å². The van der Waals surface area contributed by atoms with Crippen molar-refractivity contribution in [2.24, 2.45) is 4.99 Å². The first-order valence-corrected chi connectivity index (χ1v) is 11.4. The summed E-state index contributed by atoms with van der Waals surface area (Å²) in [5.41, 5.74) is 5.10. The Labute approximate surface area is 194 Å². The van der Waals surface area contributed by atoms with E-state index < -0.39 is 0 Å². The van der Waals surface area contributed by atoms with E-state index in [4.69, 9.17) is 4.74 Å². The van der Waals surface area contributed by atoms with E-state index in [1.165, 1.54) is 22.9 Å². The second kappa shape index (κ2) is 9.54. The van der Waals surface area contributed by atoms with Crippen LogP contribution in [0.4, 0.5) is 5.69 Å². The van der Waals surface area contributed by atoms with Crippen LogP contribution in [0.25, 0.3) is 6.08 Å². The Hall–Kier alpha value is -2.83. The lowest BCUT2D eigenvalue weighted by Crippen LogP contribution is -2.19. The summed E-state index contributed by atoms with van der Waals surface area (Å²) in [6.45, 7) is 4.54. The molecule has 1 aliphatic heterocycles. The number of carbonyl (C=O) groups is 1. The van der Waals surface area contributed by atoms with Crippen molar-refractivity contribution in [3.8, 4) is 5.75 Å². The van der Waals surface area contributed by atoms with Gasteiger partial charge in [-0.15, -0.1) is 0 Å². The van der Waals surface area contributed by atoms with E-state index in [2.05, 4.69) is 57.4 Å². The lowest BCUT2D eigenvalue weighted by molar-refractivity contribution is -0.115. The maximum Gasteiger partial charge on any atom is 0.264 e. The zero-order valence-corrected chi connectivity index (χ0v) is 19.6. The summed E-state index contributed by atoms with van der Waals surface area (Å²) in [5.74, 6) is 0.550. The number of amides is 1. The van der Waals surface area contributed by atoms with Gasteiger partial charge in [-0.05, 0) is 67.6 Å². The van der Waals surface area contributed by atoms with Crippen LogP contribution < -0.4 is 10.1 Å². The molecule has 3 aromatic rings. The fraction of sp³-hybridized carbons (Fsp3) is 0.120. The average Bonchev–Trinajstić information content (AvgIpc) is 3.09. The molecule has 1 heterocycles. The molecule has 4 rings (SSSR count). The molecule has 0 aliphatic carbocycles. The Morgan fingerprint density at radius 2 is 1.68 bits per heavy atom. The summed E-state index contributed by atoms with van der Waals surface area (Å²) >= 11 is 4.83. The number of aliphatic imine (C=N–C) groups is 1. The molecule has 1 fully saturated rings. The number of hydrogen-bond acceptors (Lipinski definition) is 4. The van der Waals surface area contributed by atoms with Crippen LogP contribution in [0.1, 0.15) is 22.3 Å². The number of hydrogen-bond donors (Lipinski definition) is 1. The molecule has 0 aromatic heterocycles. The molecule has 0 bridgehead atoms. The summed E-state index contributed by atoms with van der Waals surface area (Å²) in [5, 5.41) is 3.40. The predicted octanol–water partition coefficient (Wildman–Crippen LogP) is 6.54. The number of carbonyl (C=O) groups excluding carboxylic acids is 1. The third kappa shape index (κ3) is 5.66. The lowest BCUT2D eigenvalue weighted by atomic mass is 10.1. The number of halogens is 1. The third-order valence-electron chi connectivity index (χ3n) is 4.69. The first kappa shape index (κ1) is 21.4. The van der Waals surface area contributed by atoms with Crippen LogP contribution in [0.2, 0.25) is 0 Å². The molecule has 31 heavy (non-hydrogen) atoms. The van der Waals surface area contributed by atoms with Gasteiger partial charge in [0.2, 0.25) is 0 Å². The SMILES string of the molecule is Cc1ccc(COc2ccc(Br)cc2/C=C2/SC(=Nc3ccc(C)cc3)NC2=O)cc1. The molecular weight excluding hydrogens is 472 g/mol. The molecular formula is C25H21BrN2O2S. The van der Waals surface area contributed by atoms with Crippen molar-refractivity contribution in [2.45, 2.75) is 20.5 Å². The van der Waals surface area contributed by atoms with Gasteiger partial charge < -0.3 is 10.1 Å². The van der Waals surface area contributed by atoms with Crippen molar-refractivity contribution < 1.29 is 9.53 Å². The molecule has 0 atom stereocenters. The zero-order valence-electron chi connectivity index (χ0n) is 17.2. The quantitative estimate of drug-likeness (QED) is 0.411. The first-order valence-electron chi connectivity index (χ1n) is 9.80. The van der Waals surface area contributed by atoms with Gasteiger partial charge in [0.25, 0.3) is 5.91 Å². The summed E-state index contributed by atoms with van der Waals surface area (Å²) in [7, 11) is 0. The second-order valence-corrected chi connectivity index (χ2v) is 9.22. The molecule has 0 saturated carbocycles. The van der Waals surface area contributed by atoms with Gasteiger partial charge in [0, 0.05) is 10.0 Å². The highest BCUT2D eigenvalue weighted by atomic mass is 79.9. The monoisotopic (exact) mass is 492 g/mol. The van der Waals surface area contributed by atoms with Crippen LogP contribution in [0, 0.1) is 13.8 Å². The Bertz CT molecular complexity index is 1170. The lowest BCUT2D eigenvalue weighted by Gasteiger charge is -2.10.